The molecule has 0 aliphatic heterocycles. The maximum absolute atomic E-state index is 12.1. The number of thiophene rings is 1. The fraction of sp³-hybridized carbons (Fsp3) is 0. The summed E-state index contributed by atoms with van der Waals surface area (Å²) in [4.78, 5) is 23.5. The first-order chi connectivity index (χ1) is 9.31. The van der Waals surface area contributed by atoms with Crippen LogP contribution in [0.15, 0.2) is 46.6 Å². The van der Waals surface area contributed by atoms with Crippen molar-refractivity contribution in [2.45, 2.75) is 0 Å². The zero-order chi connectivity index (χ0) is 12.8. The lowest BCUT2D eigenvalue weighted by Gasteiger charge is -1.96. The third-order valence-corrected chi connectivity index (χ3v) is 3.96. The number of pyridine rings is 1. The molecule has 0 saturated carbocycles. The molecule has 0 radical (unpaired) electrons. The SMILES string of the molecule is O=c1[nH]c2sccc2cc1-c1nc2ccccc2[nH]1. The first-order valence-corrected chi connectivity index (χ1v) is 6.75. The molecule has 92 valence electrons. The fourth-order valence-electron chi connectivity index (χ4n) is 2.18. The molecule has 2 N–H and O–H groups in total. The Labute approximate surface area is 111 Å². The van der Waals surface area contributed by atoms with Gasteiger partial charge >= 0.3 is 0 Å². The van der Waals surface area contributed by atoms with Crippen LogP contribution in [0.5, 0.6) is 0 Å². The number of nitrogens with zero attached hydrogens (tertiary/aromatic N) is 1. The average Bonchev–Trinajstić information content (AvgIpc) is 3.02. The highest BCUT2D eigenvalue weighted by Gasteiger charge is 2.10. The lowest BCUT2D eigenvalue weighted by Crippen LogP contribution is -2.08. The van der Waals surface area contributed by atoms with Gasteiger partial charge in [0.25, 0.3) is 5.56 Å². The quantitative estimate of drug-likeness (QED) is 0.556. The van der Waals surface area contributed by atoms with Crippen molar-refractivity contribution in [2.75, 3.05) is 0 Å². The molecule has 0 spiro atoms. The molecule has 0 amide bonds. The molecule has 0 bridgehead atoms. The van der Waals surface area contributed by atoms with Gasteiger partial charge in [-0.15, -0.1) is 11.3 Å². The molecule has 0 aliphatic rings. The minimum absolute atomic E-state index is 0.117. The van der Waals surface area contributed by atoms with E-state index < -0.39 is 0 Å². The smallest absolute Gasteiger partial charge is 0.260 e. The molecular weight excluding hydrogens is 258 g/mol. The number of hydrogen-bond acceptors (Lipinski definition) is 3. The Morgan fingerprint density at radius 3 is 2.89 bits per heavy atom. The summed E-state index contributed by atoms with van der Waals surface area (Å²) in [7, 11) is 0. The number of aromatic amines is 2. The number of hydrogen-bond donors (Lipinski definition) is 2. The minimum atomic E-state index is -0.117. The molecular formula is C14H9N3OS. The van der Waals surface area contributed by atoms with Gasteiger partial charge in [0.15, 0.2) is 0 Å². The van der Waals surface area contributed by atoms with Crippen molar-refractivity contribution < 1.29 is 0 Å². The second-order valence-electron chi connectivity index (χ2n) is 4.32. The van der Waals surface area contributed by atoms with Crippen LogP contribution in [0.25, 0.3) is 32.6 Å². The predicted molar refractivity (Wildman–Crippen MR) is 77.5 cm³/mol. The zero-order valence-electron chi connectivity index (χ0n) is 9.81. The van der Waals surface area contributed by atoms with Crippen molar-refractivity contribution in [1.29, 1.82) is 0 Å². The Hall–Kier alpha value is -2.40. The van der Waals surface area contributed by atoms with Gasteiger partial charge < -0.3 is 9.97 Å². The molecule has 0 saturated heterocycles. The van der Waals surface area contributed by atoms with Gasteiger partial charge in [0.2, 0.25) is 0 Å². The van der Waals surface area contributed by atoms with Gasteiger partial charge in [-0.1, -0.05) is 12.1 Å². The lowest BCUT2D eigenvalue weighted by molar-refractivity contribution is 1.26. The van der Waals surface area contributed by atoms with Crippen molar-refractivity contribution in [3.8, 4) is 11.4 Å². The number of nitrogens with one attached hydrogen (secondary N) is 2. The number of rotatable bonds is 1. The van der Waals surface area contributed by atoms with E-state index in [1.807, 2.05) is 41.8 Å². The van der Waals surface area contributed by atoms with Crippen LogP contribution in [0, 0.1) is 0 Å². The van der Waals surface area contributed by atoms with E-state index in [1.54, 1.807) is 0 Å². The van der Waals surface area contributed by atoms with Crippen LogP contribution in [-0.4, -0.2) is 15.0 Å². The molecule has 0 fully saturated rings. The third-order valence-electron chi connectivity index (χ3n) is 3.11. The molecule has 3 heterocycles. The van der Waals surface area contributed by atoms with Gasteiger partial charge in [0.1, 0.15) is 10.7 Å². The van der Waals surface area contributed by atoms with Crippen LogP contribution in [0.1, 0.15) is 0 Å². The Balaban J connectivity index is 2.02. The fourth-order valence-corrected chi connectivity index (χ4v) is 2.95. The number of imidazole rings is 1. The normalized spacial score (nSPS) is 11.4. The summed E-state index contributed by atoms with van der Waals surface area (Å²) in [6.45, 7) is 0. The highest BCUT2D eigenvalue weighted by Crippen LogP contribution is 2.22. The maximum Gasteiger partial charge on any atom is 0.260 e. The number of aromatic nitrogens is 3. The summed E-state index contributed by atoms with van der Waals surface area (Å²) in [5, 5.41) is 2.99. The molecule has 0 aliphatic carbocycles. The Morgan fingerprint density at radius 1 is 1.11 bits per heavy atom. The van der Waals surface area contributed by atoms with E-state index in [0.717, 1.165) is 21.3 Å². The second kappa shape index (κ2) is 3.80. The van der Waals surface area contributed by atoms with E-state index in [2.05, 4.69) is 15.0 Å². The summed E-state index contributed by atoms with van der Waals surface area (Å²) in [5.74, 6) is 0.607. The van der Waals surface area contributed by atoms with Crippen LogP contribution in [0.4, 0.5) is 0 Å². The summed E-state index contributed by atoms with van der Waals surface area (Å²) >= 11 is 1.52. The number of H-pyrrole nitrogens is 2. The number of fused-ring (bicyclic) bond motifs is 2. The van der Waals surface area contributed by atoms with Gasteiger partial charge in [0.05, 0.1) is 16.6 Å². The topological polar surface area (TPSA) is 61.5 Å². The van der Waals surface area contributed by atoms with Crippen molar-refractivity contribution in [3.63, 3.8) is 0 Å². The van der Waals surface area contributed by atoms with Gasteiger partial charge in [-0.2, -0.15) is 0 Å². The average molecular weight is 267 g/mol. The first-order valence-electron chi connectivity index (χ1n) is 5.87. The zero-order valence-corrected chi connectivity index (χ0v) is 10.6. The van der Waals surface area contributed by atoms with E-state index in [9.17, 15) is 4.79 Å². The van der Waals surface area contributed by atoms with Crippen LogP contribution in [0.3, 0.4) is 0 Å². The Morgan fingerprint density at radius 2 is 2.00 bits per heavy atom. The number of para-hydroxylation sites is 2. The number of benzene rings is 1. The van der Waals surface area contributed by atoms with E-state index >= 15 is 0 Å². The largest absolute Gasteiger partial charge is 0.338 e. The summed E-state index contributed by atoms with van der Waals surface area (Å²) in [6, 6.07) is 11.6. The minimum Gasteiger partial charge on any atom is -0.338 e. The molecule has 19 heavy (non-hydrogen) atoms. The van der Waals surface area contributed by atoms with Crippen LogP contribution >= 0.6 is 11.3 Å². The summed E-state index contributed by atoms with van der Waals surface area (Å²) in [6.07, 6.45) is 0. The van der Waals surface area contributed by atoms with Crippen molar-refractivity contribution >= 4 is 32.6 Å². The van der Waals surface area contributed by atoms with Gasteiger partial charge in [-0.3, -0.25) is 4.79 Å². The molecule has 4 aromatic rings. The first kappa shape index (κ1) is 10.5. The Bertz CT molecular complexity index is 915. The van der Waals surface area contributed by atoms with Crippen molar-refractivity contribution in [2.24, 2.45) is 0 Å². The van der Waals surface area contributed by atoms with E-state index in [0.29, 0.717) is 11.4 Å². The lowest BCUT2D eigenvalue weighted by atomic mass is 10.2. The second-order valence-corrected chi connectivity index (χ2v) is 5.24. The van der Waals surface area contributed by atoms with Crippen LogP contribution in [-0.2, 0) is 0 Å². The predicted octanol–water partition coefficient (Wildman–Crippen LogP) is 3.13. The van der Waals surface area contributed by atoms with Gasteiger partial charge in [-0.05, 0) is 29.6 Å². The van der Waals surface area contributed by atoms with E-state index in [-0.39, 0.29) is 5.56 Å². The standard InChI is InChI=1S/C14H9N3OS/c18-13-9(7-8-5-6-19-14(8)17-13)12-15-10-3-1-2-4-11(10)16-12/h1-7H,(H,15,16)(H,17,18). The van der Waals surface area contributed by atoms with E-state index in [4.69, 9.17) is 0 Å². The molecule has 1 aromatic carbocycles. The summed E-state index contributed by atoms with van der Waals surface area (Å²) in [5.41, 5.74) is 2.25. The van der Waals surface area contributed by atoms with Crippen molar-refractivity contribution in [1.82, 2.24) is 15.0 Å². The molecule has 0 atom stereocenters. The highest BCUT2D eigenvalue weighted by molar-refractivity contribution is 7.16. The van der Waals surface area contributed by atoms with Crippen LogP contribution < -0.4 is 5.56 Å². The molecule has 0 unspecified atom stereocenters. The molecule has 3 aromatic heterocycles. The van der Waals surface area contributed by atoms with Gasteiger partial charge in [-0.25, -0.2) is 4.98 Å². The summed E-state index contributed by atoms with van der Waals surface area (Å²) < 4.78 is 0. The van der Waals surface area contributed by atoms with Crippen molar-refractivity contribution in [3.05, 3.63) is 52.1 Å². The van der Waals surface area contributed by atoms with Gasteiger partial charge in [0, 0.05) is 5.39 Å². The monoisotopic (exact) mass is 267 g/mol. The molecule has 5 heteroatoms. The third kappa shape index (κ3) is 1.59. The van der Waals surface area contributed by atoms with Crippen LogP contribution in [0.2, 0.25) is 0 Å². The Kier molecular flexibility index (Phi) is 2.10. The maximum atomic E-state index is 12.1. The molecule has 4 nitrogen and oxygen atoms in total. The van der Waals surface area contributed by atoms with E-state index in [1.165, 1.54) is 11.3 Å². The molecule has 4 rings (SSSR count). The highest BCUT2D eigenvalue weighted by atomic mass is 32.1.